The summed E-state index contributed by atoms with van der Waals surface area (Å²) >= 11 is 3.33. The van der Waals surface area contributed by atoms with Gasteiger partial charge in [-0.25, -0.2) is 4.79 Å². The Balaban J connectivity index is 0.000000161. The van der Waals surface area contributed by atoms with Crippen LogP contribution in [0.4, 0.5) is 11.4 Å². The normalized spacial score (nSPS) is 12.0. The molecule has 1 aliphatic heterocycles. The molecule has 7 rings (SSSR count). The number of alkyl halides is 1. The highest BCUT2D eigenvalue weighted by atomic mass is 79.9. The number of anilines is 2. The maximum Gasteiger partial charge on any atom is 0.338 e. The molecule has 1 amide bonds. The van der Waals surface area contributed by atoms with Gasteiger partial charge in [0.15, 0.2) is 0 Å². The minimum atomic E-state index is -0.314. The number of ether oxygens (including phenoxy) is 3. The molecular weight excluding hydrogens is 720 g/mol. The van der Waals surface area contributed by atoms with Crippen molar-refractivity contribution < 1.29 is 23.8 Å². The Labute approximate surface area is 314 Å². The molecule has 2 N–H and O–H groups in total. The van der Waals surface area contributed by atoms with Crippen molar-refractivity contribution in [1.29, 1.82) is 0 Å². The van der Waals surface area contributed by atoms with E-state index in [1.165, 1.54) is 16.4 Å². The third-order valence-electron chi connectivity index (χ3n) is 8.95. The van der Waals surface area contributed by atoms with Crippen LogP contribution in [0.1, 0.15) is 78.5 Å². The minimum absolute atomic E-state index is 0.0338. The largest absolute Gasteiger partial charge is 0.497 e. The lowest BCUT2D eigenvalue weighted by atomic mass is 10.1. The molecule has 0 aliphatic carbocycles. The quantitative estimate of drug-likeness (QED) is 0.0941. The highest BCUT2D eigenvalue weighted by Gasteiger charge is 2.29. The number of nitrogen functional groups attached to an aromatic ring is 1. The van der Waals surface area contributed by atoms with Crippen molar-refractivity contribution in [3.63, 3.8) is 0 Å². The molecule has 0 atom stereocenters. The molecule has 3 heterocycles. The minimum Gasteiger partial charge on any atom is -0.497 e. The summed E-state index contributed by atoms with van der Waals surface area (Å²) in [5, 5.41) is 2.99. The van der Waals surface area contributed by atoms with Crippen molar-refractivity contribution in [3.05, 3.63) is 120 Å². The van der Waals surface area contributed by atoms with Crippen LogP contribution >= 0.6 is 15.9 Å². The van der Waals surface area contributed by atoms with Crippen LogP contribution in [0.5, 0.6) is 11.5 Å². The predicted octanol–water partition coefficient (Wildman–Crippen LogP) is 9.96. The molecule has 0 saturated carbocycles. The van der Waals surface area contributed by atoms with Gasteiger partial charge in [0.1, 0.15) is 11.5 Å². The molecule has 0 saturated heterocycles. The third kappa shape index (κ3) is 8.29. The summed E-state index contributed by atoms with van der Waals surface area (Å²) in [5.41, 5.74) is 13.1. The predicted molar refractivity (Wildman–Crippen MR) is 214 cm³/mol. The second kappa shape index (κ2) is 16.9. The van der Waals surface area contributed by atoms with Crippen LogP contribution in [0, 0.1) is 0 Å². The fourth-order valence-corrected chi connectivity index (χ4v) is 6.70. The van der Waals surface area contributed by atoms with E-state index in [1.54, 1.807) is 27.2 Å². The van der Waals surface area contributed by atoms with Crippen LogP contribution in [-0.4, -0.2) is 41.8 Å². The number of fused-ring (bicyclic) bond motifs is 3. The molecule has 6 aromatic rings. The number of nitrogens with zero attached hydrogens (tertiary/aromatic N) is 3. The first-order valence-electron chi connectivity index (χ1n) is 17.3. The van der Waals surface area contributed by atoms with E-state index in [1.807, 2.05) is 53.4 Å². The number of hydrogen-bond acceptors (Lipinski definition) is 6. The summed E-state index contributed by atoms with van der Waals surface area (Å²) in [6.07, 6.45) is 4.21. The van der Waals surface area contributed by atoms with E-state index in [9.17, 15) is 9.59 Å². The van der Waals surface area contributed by atoms with Crippen molar-refractivity contribution >= 4 is 61.0 Å². The average Bonchev–Trinajstić information content (AvgIpc) is 3.86. The Bertz CT molecular complexity index is 2180. The molecule has 9 nitrogen and oxygen atoms in total. The third-order valence-corrected chi connectivity index (χ3v) is 9.55. The van der Waals surface area contributed by atoms with Gasteiger partial charge in [-0.2, -0.15) is 0 Å². The molecule has 272 valence electrons. The number of carbonyl (C=O) groups is 2. The van der Waals surface area contributed by atoms with Crippen LogP contribution in [-0.2, 0) is 16.6 Å². The van der Waals surface area contributed by atoms with Gasteiger partial charge < -0.3 is 34.0 Å². The molecule has 0 radical (unpaired) electrons. The van der Waals surface area contributed by atoms with Crippen LogP contribution in [0.2, 0.25) is 0 Å². The number of methoxy groups -OCH3 is 2. The maximum atomic E-state index is 12.8. The smallest absolute Gasteiger partial charge is 0.338 e. The summed E-state index contributed by atoms with van der Waals surface area (Å²) in [4.78, 5) is 26.2. The van der Waals surface area contributed by atoms with Crippen LogP contribution in [0.15, 0.2) is 97.3 Å². The Kier molecular flexibility index (Phi) is 12.3. The number of aromatic nitrogens is 2. The summed E-state index contributed by atoms with van der Waals surface area (Å²) < 4.78 is 19.7. The monoisotopic (exact) mass is 766 g/mol. The maximum absolute atomic E-state index is 12.8. The first kappa shape index (κ1) is 38.0. The first-order chi connectivity index (χ1) is 25.0. The Morgan fingerprint density at radius 1 is 0.788 bits per heavy atom. The zero-order valence-electron chi connectivity index (χ0n) is 30.9. The molecule has 0 bridgehead atoms. The number of nitrogens with two attached hydrogens (primary N) is 1. The molecule has 0 unspecified atom stereocenters. The van der Waals surface area contributed by atoms with E-state index in [2.05, 4.69) is 95.5 Å². The van der Waals surface area contributed by atoms with Gasteiger partial charge in [0.2, 0.25) is 0 Å². The Morgan fingerprint density at radius 3 is 1.98 bits per heavy atom. The second-order valence-corrected chi connectivity index (χ2v) is 13.5. The number of halogens is 1. The number of amides is 1. The van der Waals surface area contributed by atoms with Gasteiger partial charge in [0, 0.05) is 68.6 Å². The highest BCUT2D eigenvalue weighted by Crippen LogP contribution is 2.33. The van der Waals surface area contributed by atoms with Gasteiger partial charge >= 0.3 is 5.97 Å². The zero-order valence-corrected chi connectivity index (χ0v) is 32.4. The SMILES string of the molecule is CC(C)n1ccc2cc(N)ccc21.CCOC(=O)c1cc(OC)ccc1CBr.COc1ccc2c(c1)C(=O)N(c1ccc3c(ccn3C(C)C)c1)C2. The fourth-order valence-electron chi connectivity index (χ4n) is 6.22. The molecular formula is C42H47BrN4O5. The first-order valence-corrected chi connectivity index (χ1v) is 18.5. The summed E-state index contributed by atoms with van der Waals surface area (Å²) in [7, 11) is 3.18. The molecule has 1 aliphatic rings. The lowest BCUT2D eigenvalue weighted by Crippen LogP contribution is -2.22. The number of carbonyl (C=O) groups excluding carboxylic acids is 2. The lowest BCUT2D eigenvalue weighted by Gasteiger charge is -2.16. The van der Waals surface area contributed by atoms with E-state index in [4.69, 9.17) is 19.9 Å². The van der Waals surface area contributed by atoms with Crippen molar-refractivity contribution in [3.8, 4) is 11.5 Å². The van der Waals surface area contributed by atoms with Crippen LogP contribution in [0.3, 0.4) is 0 Å². The summed E-state index contributed by atoms with van der Waals surface area (Å²) in [6.45, 7) is 11.5. The molecule has 0 spiro atoms. The number of benzene rings is 4. The van der Waals surface area contributed by atoms with Gasteiger partial charge in [0.25, 0.3) is 5.91 Å². The van der Waals surface area contributed by atoms with Crippen molar-refractivity contribution in [1.82, 2.24) is 9.13 Å². The Morgan fingerprint density at radius 2 is 1.38 bits per heavy atom. The van der Waals surface area contributed by atoms with Crippen molar-refractivity contribution in [2.75, 3.05) is 31.5 Å². The summed E-state index contributed by atoms with van der Waals surface area (Å²) in [6, 6.07) is 28.4. The molecule has 10 heteroatoms. The van der Waals surface area contributed by atoms with Crippen LogP contribution in [0.25, 0.3) is 21.8 Å². The lowest BCUT2D eigenvalue weighted by molar-refractivity contribution is 0.0525. The Hall–Kier alpha value is -5.22. The average molecular weight is 768 g/mol. The van der Waals surface area contributed by atoms with Crippen molar-refractivity contribution in [2.45, 2.75) is 58.6 Å². The zero-order chi connectivity index (χ0) is 37.5. The van der Waals surface area contributed by atoms with Gasteiger partial charge in [-0.3, -0.25) is 4.79 Å². The van der Waals surface area contributed by atoms with Gasteiger partial charge in [-0.05, 0) is 119 Å². The fraction of sp³-hybridized carbons (Fsp3) is 0.286. The second-order valence-electron chi connectivity index (χ2n) is 13.0. The van der Waals surface area contributed by atoms with E-state index in [0.29, 0.717) is 47.6 Å². The van der Waals surface area contributed by atoms with Gasteiger partial charge in [-0.15, -0.1) is 0 Å². The molecule has 0 fully saturated rings. The van der Waals surface area contributed by atoms with Crippen molar-refractivity contribution in [2.24, 2.45) is 0 Å². The topological polar surface area (TPSA) is 101 Å². The van der Waals surface area contributed by atoms with E-state index in [0.717, 1.165) is 33.5 Å². The number of rotatable bonds is 8. The summed E-state index contributed by atoms with van der Waals surface area (Å²) in [5.74, 6) is 1.09. The standard InChI is InChI=1S/C20H20N2O2.C11H13BrO3.C11H14N2/c1-13(2)21-9-8-14-10-16(5-7-19(14)21)22-12-15-4-6-17(24-3)11-18(15)20(22)23;1-3-15-11(13)10-6-9(14-2)5-4-8(10)7-12;1-8(2)13-6-5-9-7-10(12)3-4-11(9)13/h4-11,13H,12H2,1-3H3;4-6H,3,7H2,1-2H3;3-8H,12H2,1-2H3. The van der Waals surface area contributed by atoms with E-state index >= 15 is 0 Å². The van der Waals surface area contributed by atoms with E-state index in [-0.39, 0.29) is 11.9 Å². The molecule has 52 heavy (non-hydrogen) atoms. The molecule has 2 aromatic heterocycles. The van der Waals surface area contributed by atoms with Gasteiger partial charge in [0.05, 0.1) is 32.9 Å². The molecule has 4 aromatic carbocycles. The van der Waals surface area contributed by atoms with Gasteiger partial charge in [-0.1, -0.05) is 28.1 Å². The highest BCUT2D eigenvalue weighted by molar-refractivity contribution is 9.08. The number of hydrogen-bond donors (Lipinski definition) is 1. The van der Waals surface area contributed by atoms with Crippen LogP contribution < -0.4 is 20.1 Å². The number of esters is 1. The van der Waals surface area contributed by atoms with E-state index < -0.39 is 0 Å².